The van der Waals surface area contributed by atoms with Gasteiger partial charge in [-0.15, -0.1) is 0 Å². The minimum absolute atomic E-state index is 0.415. The van der Waals surface area contributed by atoms with Gasteiger partial charge in [-0.1, -0.05) is 0 Å². The van der Waals surface area contributed by atoms with Crippen LogP contribution in [0.25, 0.3) is 16.7 Å². The third-order valence-electron chi connectivity index (χ3n) is 5.00. The first-order chi connectivity index (χ1) is 16.3. The number of benzene rings is 2. The van der Waals surface area contributed by atoms with Gasteiger partial charge in [0, 0.05) is 28.8 Å². The van der Waals surface area contributed by atoms with Crippen molar-refractivity contribution in [1.82, 2.24) is 0 Å². The maximum absolute atomic E-state index is 12.7. The fraction of sp³-hybridized carbons (Fsp3) is 0.105. The molecule has 1 aliphatic rings. The van der Waals surface area contributed by atoms with Gasteiger partial charge in [0.05, 0.1) is 49.0 Å². The Labute approximate surface area is 194 Å². The number of nitro groups is 3. The lowest BCUT2D eigenvalue weighted by Gasteiger charge is -2.08. The van der Waals surface area contributed by atoms with Crippen molar-refractivity contribution in [1.29, 1.82) is 10.5 Å². The highest BCUT2D eigenvalue weighted by Crippen LogP contribution is 2.54. The minimum atomic E-state index is -4.45. The topological polar surface area (TPSA) is 248 Å². The number of fused-ring (bicyclic) bond motifs is 3. The van der Waals surface area contributed by atoms with E-state index in [-0.39, 0.29) is 0 Å². The summed E-state index contributed by atoms with van der Waals surface area (Å²) in [6.45, 7) is 0. The molecule has 1 aliphatic carbocycles. The number of nitrogens with zero attached hydrogens (tertiary/aromatic N) is 5. The average Bonchev–Trinajstić information content (AvgIpc) is 3.11. The van der Waals surface area contributed by atoms with Crippen LogP contribution in [0, 0.1) is 53.0 Å². The lowest BCUT2D eigenvalue weighted by Crippen LogP contribution is -2.12. The number of rotatable bonds is 7. The van der Waals surface area contributed by atoms with E-state index in [2.05, 4.69) is 0 Å². The summed E-state index contributed by atoms with van der Waals surface area (Å²) >= 11 is 0. The van der Waals surface area contributed by atoms with Gasteiger partial charge >= 0.3 is 5.97 Å². The van der Waals surface area contributed by atoms with Gasteiger partial charge in [-0.25, -0.2) is 8.42 Å². The second-order valence-electron chi connectivity index (χ2n) is 6.96. The predicted molar refractivity (Wildman–Crippen MR) is 113 cm³/mol. The quantitative estimate of drug-likeness (QED) is 0.279. The van der Waals surface area contributed by atoms with Gasteiger partial charge in [0.15, 0.2) is 9.84 Å². The van der Waals surface area contributed by atoms with E-state index in [9.17, 15) is 54.1 Å². The van der Waals surface area contributed by atoms with Gasteiger partial charge in [-0.2, -0.15) is 10.5 Å². The van der Waals surface area contributed by atoms with Crippen LogP contribution in [-0.4, -0.2) is 40.0 Å². The summed E-state index contributed by atoms with van der Waals surface area (Å²) < 4.78 is 25.4. The molecule has 35 heavy (non-hydrogen) atoms. The number of non-ortho nitro benzene ring substituents is 1. The summed E-state index contributed by atoms with van der Waals surface area (Å²) in [6.07, 6.45) is -0.838. The summed E-state index contributed by atoms with van der Waals surface area (Å²) in [5, 5.41) is 62.6. The molecule has 15 nitrogen and oxygen atoms in total. The number of hydrogen-bond donors (Lipinski definition) is 1. The summed E-state index contributed by atoms with van der Waals surface area (Å²) in [5.74, 6) is -2.41. The number of hydrogen-bond acceptors (Lipinski definition) is 11. The summed E-state index contributed by atoms with van der Waals surface area (Å²) in [5.41, 5.74) is -5.78. The molecule has 0 heterocycles. The number of nitriles is 2. The molecule has 0 aliphatic heterocycles. The number of nitro benzene ring substituents is 3. The number of carboxylic acid groups (broad SMARTS) is 1. The molecule has 0 unspecified atom stereocenters. The Morgan fingerprint density at radius 1 is 0.886 bits per heavy atom. The second-order valence-corrected chi connectivity index (χ2v) is 9.07. The molecule has 1 N–H and O–H groups in total. The second kappa shape index (κ2) is 8.61. The van der Waals surface area contributed by atoms with E-state index >= 15 is 0 Å². The average molecular weight is 499 g/mol. The van der Waals surface area contributed by atoms with Crippen molar-refractivity contribution in [2.75, 3.05) is 5.75 Å². The molecule has 0 saturated heterocycles. The Kier molecular flexibility index (Phi) is 6.01. The standard InChI is InChI=1S/C19H9N5O10S/c20-7-9(8-21)17-12-3-10(22(27)28)4-14(23(29)30)18(12)19-13(17)5-11(6-15(19)24(31)32)35(33,34)2-1-16(25)26/h3-6H,1-2H2,(H,25,26). The molecule has 16 heteroatoms. The highest BCUT2D eigenvalue weighted by atomic mass is 32.2. The maximum Gasteiger partial charge on any atom is 0.304 e. The molecule has 0 fully saturated rings. The van der Waals surface area contributed by atoms with Crippen molar-refractivity contribution in [3.63, 3.8) is 0 Å². The highest BCUT2D eigenvalue weighted by Gasteiger charge is 2.41. The van der Waals surface area contributed by atoms with Crippen LogP contribution < -0.4 is 0 Å². The zero-order valence-corrected chi connectivity index (χ0v) is 17.8. The van der Waals surface area contributed by atoms with Crippen molar-refractivity contribution >= 4 is 38.4 Å². The largest absolute Gasteiger partial charge is 0.481 e. The number of carbonyl (C=O) groups is 1. The minimum Gasteiger partial charge on any atom is -0.481 e. The van der Waals surface area contributed by atoms with Gasteiger partial charge in [0.2, 0.25) is 0 Å². The fourth-order valence-corrected chi connectivity index (χ4v) is 4.86. The number of allylic oxidation sites excluding steroid dienone is 1. The molecule has 2 aromatic carbocycles. The highest BCUT2D eigenvalue weighted by molar-refractivity contribution is 7.91. The first-order valence-corrected chi connectivity index (χ1v) is 10.8. The zero-order chi connectivity index (χ0) is 26.2. The zero-order valence-electron chi connectivity index (χ0n) is 17.0. The normalized spacial score (nSPS) is 11.5. The van der Waals surface area contributed by atoms with Gasteiger partial charge in [-0.05, 0) is 6.07 Å². The van der Waals surface area contributed by atoms with Crippen LogP contribution in [0.4, 0.5) is 17.1 Å². The predicted octanol–water partition coefficient (Wildman–Crippen LogP) is 2.49. The molecule has 0 atom stereocenters. The Morgan fingerprint density at radius 2 is 1.40 bits per heavy atom. The fourth-order valence-electron chi connectivity index (χ4n) is 3.60. The van der Waals surface area contributed by atoms with Gasteiger partial charge < -0.3 is 5.11 Å². The van der Waals surface area contributed by atoms with Crippen LogP contribution in [0.1, 0.15) is 17.5 Å². The molecular weight excluding hydrogens is 490 g/mol. The van der Waals surface area contributed by atoms with E-state index in [1.54, 1.807) is 0 Å². The van der Waals surface area contributed by atoms with E-state index in [4.69, 9.17) is 5.11 Å². The van der Waals surface area contributed by atoms with Crippen LogP contribution in [0.5, 0.6) is 0 Å². The molecule has 0 spiro atoms. The van der Waals surface area contributed by atoms with Gasteiger partial charge in [-0.3, -0.25) is 35.1 Å². The Bertz CT molecular complexity index is 1580. The van der Waals surface area contributed by atoms with E-state index in [0.717, 1.165) is 12.1 Å². The van der Waals surface area contributed by atoms with Crippen molar-refractivity contribution in [2.45, 2.75) is 11.3 Å². The third-order valence-corrected chi connectivity index (χ3v) is 6.70. The Hall–Kier alpha value is -5.22. The van der Waals surface area contributed by atoms with Crippen molar-refractivity contribution in [2.24, 2.45) is 0 Å². The molecule has 0 amide bonds. The molecule has 0 radical (unpaired) electrons. The Balaban J connectivity index is 2.56. The van der Waals surface area contributed by atoms with Crippen LogP contribution >= 0.6 is 0 Å². The smallest absolute Gasteiger partial charge is 0.304 e. The molecule has 176 valence electrons. The maximum atomic E-state index is 12.7. The molecule has 0 aromatic heterocycles. The third kappa shape index (κ3) is 4.12. The first kappa shape index (κ1) is 24.4. The lowest BCUT2D eigenvalue weighted by molar-refractivity contribution is -0.394. The van der Waals surface area contributed by atoms with E-state index in [1.165, 1.54) is 12.1 Å². The Morgan fingerprint density at radius 3 is 1.86 bits per heavy atom. The van der Waals surface area contributed by atoms with E-state index < -0.39 is 98.1 Å². The summed E-state index contributed by atoms with van der Waals surface area (Å²) in [7, 11) is -4.45. The van der Waals surface area contributed by atoms with Gasteiger partial charge in [0.1, 0.15) is 17.7 Å². The van der Waals surface area contributed by atoms with Gasteiger partial charge in [0.25, 0.3) is 17.1 Å². The van der Waals surface area contributed by atoms with Crippen LogP contribution in [-0.2, 0) is 14.6 Å². The van der Waals surface area contributed by atoms with Crippen molar-refractivity contribution in [3.8, 4) is 23.3 Å². The SMILES string of the molecule is N#CC(C#N)=C1c2cc([N+](=O)[O-])cc([N+](=O)[O-])c2-c2c1cc(S(=O)(=O)CCC(=O)O)cc2[N+](=O)[O-]. The molecule has 2 aromatic rings. The van der Waals surface area contributed by atoms with Crippen LogP contribution in [0.15, 0.2) is 34.7 Å². The molecular formula is C19H9N5O10S. The summed E-state index contributed by atoms with van der Waals surface area (Å²) in [6, 6.07) is 5.73. The molecule has 0 bridgehead atoms. The number of sulfone groups is 1. The van der Waals surface area contributed by atoms with E-state index in [1.807, 2.05) is 0 Å². The van der Waals surface area contributed by atoms with Crippen molar-refractivity contribution < 1.29 is 33.1 Å². The number of carboxylic acids is 1. The lowest BCUT2D eigenvalue weighted by atomic mass is 9.98. The van der Waals surface area contributed by atoms with E-state index in [0.29, 0.717) is 12.1 Å². The summed E-state index contributed by atoms with van der Waals surface area (Å²) in [4.78, 5) is 42.0. The number of aliphatic carboxylic acids is 1. The monoisotopic (exact) mass is 499 g/mol. The van der Waals surface area contributed by atoms with Crippen molar-refractivity contribution in [3.05, 3.63) is 71.3 Å². The van der Waals surface area contributed by atoms with Crippen LogP contribution in [0.3, 0.4) is 0 Å². The molecule has 0 saturated carbocycles. The molecule has 3 rings (SSSR count). The first-order valence-electron chi connectivity index (χ1n) is 9.13. The van der Waals surface area contributed by atoms with Crippen LogP contribution in [0.2, 0.25) is 0 Å².